The van der Waals surface area contributed by atoms with E-state index >= 15 is 0 Å². The molecule has 0 aromatic heterocycles. The molecule has 1 N–H and O–H groups in total. The highest BCUT2D eigenvalue weighted by Gasteiger charge is 2.01. The normalized spacial score (nSPS) is 11.0. The molecular weight excluding hydrogens is 160 g/mol. The van der Waals surface area contributed by atoms with Crippen LogP contribution in [0, 0.1) is 13.8 Å². The van der Waals surface area contributed by atoms with Crippen molar-refractivity contribution in [3.63, 3.8) is 0 Å². The van der Waals surface area contributed by atoms with E-state index in [4.69, 9.17) is 0 Å². The zero-order valence-electron chi connectivity index (χ0n) is 8.46. The number of benzene rings is 1. The summed E-state index contributed by atoms with van der Waals surface area (Å²) in [4.78, 5) is 0. The van der Waals surface area contributed by atoms with Gasteiger partial charge in [0.1, 0.15) is 5.75 Å². The van der Waals surface area contributed by atoms with E-state index in [1.807, 2.05) is 32.1 Å². The lowest BCUT2D eigenvalue weighted by Crippen LogP contribution is -1.88. The first-order valence-corrected chi connectivity index (χ1v) is 4.55. The van der Waals surface area contributed by atoms with Gasteiger partial charge in [0.25, 0.3) is 0 Å². The highest BCUT2D eigenvalue weighted by Crippen LogP contribution is 2.21. The fourth-order valence-electron chi connectivity index (χ4n) is 1.35. The molecule has 0 aliphatic rings. The third kappa shape index (κ3) is 2.35. The van der Waals surface area contributed by atoms with Crippen molar-refractivity contribution in [2.45, 2.75) is 27.2 Å². The number of allylic oxidation sites excluding steroid dienone is 2. The zero-order chi connectivity index (χ0) is 9.84. The lowest BCUT2D eigenvalue weighted by atomic mass is 10.0. The Bertz CT molecular complexity index is 324. The van der Waals surface area contributed by atoms with E-state index in [9.17, 15) is 5.11 Å². The molecule has 1 rings (SSSR count). The van der Waals surface area contributed by atoms with Crippen LogP contribution in [0.5, 0.6) is 5.75 Å². The molecule has 0 aliphatic carbocycles. The summed E-state index contributed by atoms with van der Waals surface area (Å²) in [7, 11) is 0. The Labute approximate surface area is 79.7 Å². The molecule has 0 radical (unpaired) electrons. The second-order valence-electron chi connectivity index (χ2n) is 3.34. The Morgan fingerprint density at radius 1 is 1.23 bits per heavy atom. The number of rotatable bonds is 2. The predicted molar refractivity (Wildman–Crippen MR) is 56.1 cm³/mol. The predicted octanol–water partition coefficient (Wildman–Crippen LogP) is 3.13. The Balaban J connectivity index is 3.01. The maximum absolute atomic E-state index is 9.50. The number of phenolic OH excluding ortho intramolecular Hbond substituents is 1. The summed E-state index contributed by atoms with van der Waals surface area (Å²) in [6.45, 7) is 6.00. The lowest BCUT2D eigenvalue weighted by Gasteiger charge is -2.06. The van der Waals surface area contributed by atoms with Crippen molar-refractivity contribution in [2.24, 2.45) is 0 Å². The second kappa shape index (κ2) is 4.13. The summed E-state index contributed by atoms with van der Waals surface area (Å²) in [6, 6.07) is 3.87. The van der Waals surface area contributed by atoms with Crippen LogP contribution in [0.3, 0.4) is 0 Å². The molecule has 0 atom stereocenters. The summed E-state index contributed by atoms with van der Waals surface area (Å²) < 4.78 is 0. The quantitative estimate of drug-likeness (QED) is 0.686. The summed E-state index contributed by atoms with van der Waals surface area (Å²) in [6.07, 6.45) is 5.02. The standard InChI is InChI=1S/C12H16O/c1-4-5-6-11-8-12(13)10(3)7-9(11)2/h4-5,7-8,13H,6H2,1-3H3/b5-4+. The molecular formula is C12H16O. The summed E-state index contributed by atoms with van der Waals surface area (Å²) in [5, 5.41) is 9.50. The minimum atomic E-state index is 0.394. The lowest BCUT2D eigenvalue weighted by molar-refractivity contribution is 0.470. The van der Waals surface area contributed by atoms with Gasteiger partial charge in [0.2, 0.25) is 0 Å². The third-order valence-electron chi connectivity index (χ3n) is 2.23. The van der Waals surface area contributed by atoms with Gasteiger partial charge >= 0.3 is 0 Å². The molecule has 0 saturated carbocycles. The highest BCUT2D eigenvalue weighted by atomic mass is 16.3. The van der Waals surface area contributed by atoms with Crippen LogP contribution in [0.2, 0.25) is 0 Å². The smallest absolute Gasteiger partial charge is 0.118 e. The van der Waals surface area contributed by atoms with E-state index in [0.29, 0.717) is 5.75 Å². The molecule has 0 saturated heterocycles. The maximum atomic E-state index is 9.50. The van der Waals surface area contributed by atoms with Gasteiger partial charge in [-0.05, 0) is 49.9 Å². The second-order valence-corrected chi connectivity index (χ2v) is 3.34. The molecule has 1 aromatic carbocycles. The molecule has 0 bridgehead atoms. The van der Waals surface area contributed by atoms with E-state index in [1.54, 1.807) is 0 Å². The van der Waals surface area contributed by atoms with Crippen molar-refractivity contribution in [3.05, 3.63) is 41.0 Å². The van der Waals surface area contributed by atoms with Gasteiger partial charge < -0.3 is 5.11 Å². The van der Waals surface area contributed by atoms with Crippen LogP contribution in [-0.2, 0) is 6.42 Å². The molecule has 0 amide bonds. The van der Waals surface area contributed by atoms with Crippen LogP contribution in [-0.4, -0.2) is 5.11 Å². The maximum Gasteiger partial charge on any atom is 0.118 e. The van der Waals surface area contributed by atoms with E-state index in [2.05, 4.69) is 13.0 Å². The first-order chi connectivity index (χ1) is 6.15. The van der Waals surface area contributed by atoms with Crippen molar-refractivity contribution < 1.29 is 5.11 Å². The van der Waals surface area contributed by atoms with Gasteiger partial charge in [0, 0.05) is 0 Å². The molecule has 1 heteroatoms. The van der Waals surface area contributed by atoms with Crippen LogP contribution in [0.1, 0.15) is 23.6 Å². The Hall–Kier alpha value is -1.24. The van der Waals surface area contributed by atoms with Gasteiger partial charge in [-0.2, -0.15) is 0 Å². The van der Waals surface area contributed by atoms with E-state index in [-0.39, 0.29) is 0 Å². The van der Waals surface area contributed by atoms with Crippen LogP contribution in [0.4, 0.5) is 0 Å². The van der Waals surface area contributed by atoms with Crippen molar-refractivity contribution >= 4 is 0 Å². The Morgan fingerprint density at radius 3 is 2.54 bits per heavy atom. The largest absolute Gasteiger partial charge is 0.508 e. The Morgan fingerprint density at radius 2 is 1.92 bits per heavy atom. The van der Waals surface area contributed by atoms with Crippen LogP contribution in [0.15, 0.2) is 24.3 Å². The number of phenols is 1. The van der Waals surface area contributed by atoms with Crippen LogP contribution >= 0.6 is 0 Å². The fourth-order valence-corrected chi connectivity index (χ4v) is 1.35. The van der Waals surface area contributed by atoms with E-state index in [0.717, 1.165) is 12.0 Å². The first-order valence-electron chi connectivity index (χ1n) is 4.55. The van der Waals surface area contributed by atoms with Gasteiger partial charge in [-0.15, -0.1) is 0 Å². The average molecular weight is 176 g/mol. The SMILES string of the molecule is C/C=C/Cc1cc(O)c(C)cc1C. The molecule has 0 spiro atoms. The average Bonchev–Trinajstić information content (AvgIpc) is 2.09. The van der Waals surface area contributed by atoms with Crippen molar-refractivity contribution in [1.29, 1.82) is 0 Å². The van der Waals surface area contributed by atoms with Gasteiger partial charge in [-0.3, -0.25) is 0 Å². The highest BCUT2D eigenvalue weighted by molar-refractivity contribution is 5.41. The molecule has 0 fully saturated rings. The molecule has 70 valence electrons. The van der Waals surface area contributed by atoms with Crippen molar-refractivity contribution in [2.75, 3.05) is 0 Å². The number of hydrogen-bond acceptors (Lipinski definition) is 1. The Kier molecular flexibility index (Phi) is 3.13. The van der Waals surface area contributed by atoms with Gasteiger partial charge in [0.15, 0.2) is 0 Å². The first kappa shape index (κ1) is 9.85. The molecule has 0 unspecified atom stereocenters. The molecule has 1 aromatic rings. The minimum Gasteiger partial charge on any atom is -0.508 e. The van der Waals surface area contributed by atoms with Crippen molar-refractivity contribution in [3.8, 4) is 5.75 Å². The molecule has 0 aliphatic heterocycles. The number of hydrogen-bond donors (Lipinski definition) is 1. The van der Waals surface area contributed by atoms with Gasteiger partial charge in [-0.25, -0.2) is 0 Å². The third-order valence-corrected chi connectivity index (χ3v) is 2.23. The van der Waals surface area contributed by atoms with E-state index < -0.39 is 0 Å². The summed E-state index contributed by atoms with van der Waals surface area (Å²) >= 11 is 0. The summed E-state index contributed by atoms with van der Waals surface area (Å²) in [5.41, 5.74) is 3.39. The molecule has 0 heterocycles. The number of aromatic hydroxyl groups is 1. The van der Waals surface area contributed by atoms with Gasteiger partial charge in [0.05, 0.1) is 0 Å². The van der Waals surface area contributed by atoms with E-state index in [1.165, 1.54) is 11.1 Å². The minimum absolute atomic E-state index is 0.394. The molecule has 13 heavy (non-hydrogen) atoms. The molecule has 1 nitrogen and oxygen atoms in total. The van der Waals surface area contributed by atoms with Gasteiger partial charge in [-0.1, -0.05) is 18.2 Å². The topological polar surface area (TPSA) is 20.2 Å². The fraction of sp³-hybridized carbons (Fsp3) is 0.333. The summed E-state index contributed by atoms with van der Waals surface area (Å²) in [5.74, 6) is 0.394. The number of aryl methyl sites for hydroxylation is 2. The van der Waals surface area contributed by atoms with Crippen LogP contribution < -0.4 is 0 Å². The monoisotopic (exact) mass is 176 g/mol. The zero-order valence-corrected chi connectivity index (χ0v) is 8.46. The van der Waals surface area contributed by atoms with Crippen molar-refractivity contribution in [1.82, 2.24) is 0 Å². The van der Waals surface area contributed by atoms with Crippen LogP contribution in [0.25, 0.3) is 0 Å².